The standard InChI is InChI=1S/C14H27N5/c1-7-15-13-17-11(2)8-12(18-13)16-9-14(3,4)10-19(5)6/h8H,7,9-10H2,1-6H3,(H2,15,16,17,18). The second-order valence-electron chi connectivity index (χ2n) is 6.00. The third kappa shape index (κ3) is 5.87. The molecule has 0 radical (unpaired) electrons. The van der Waals surface area contributed by atoms with Crippen LogP contribution in [0.5, 0.6) is 0 Å². The summed E-state index contributed by atoms with van der Waals surface area (Å²) in [6, 6.07) is 1.98. The summed E-state index contributed by atoms with van der Waals surface area (Å²) in [6.07, 6.45) is 0. The van der Waals surface area contributed by atoms with Crippen molar-refractivity contribution in [1.29, 1.82) is 0 Å². The third-order valence-electron chi connectivity index (χ3n) is 2.68. The van der Waals surface area contributed by atoms with E-state index in [1.165, 1.54) is 0 Å². The highest BCUT2D eigenvalue weighted by atomic mass is 15.1. The highest BCUT2D eigenvalue weighted by Gasteiger charge is 2.18. The smallest absolute Gasteiger partial charge is 0.224 e. The largest absolute Gasteiger partial charge is 0.369 e. The molecule has 1 aromatic rings. The molecule has 0 unspecified atom stereocenters. The summed E-state index contributed by atoms with van der Waals surface area (Å²) in [7, 11) is 4.19. The molecule has 0 amide bonds. The molecule has 2 N–H and O–H groups in total. The van der Waals surface area contributed by atoms with Crippen LogP contribution in [-0.4, -0.2) is 48.6 Å². The van der Waals surface area contributed by atoms with Crippen LogP contribution in [-0.2, 0) is 0 Å². The Labute approximate surface area is 116 Å². The Morgan fingerprint density at radius 3 is 2.47 bits per heavy atom. The van der Waals surface area contributed by atoms with Gasteiger partial charge in [-0.15, -0.1) is 0 Å². The normalized spacial score (nSPS) is 11.7. The van der Waals surface area contributed by atoms with Gasteiger partial charge in [-0.1, -0.05) is 13.8 Å². The highest BCUT2D eigenvalue weighted by Crippen LogP contribution is 2.17. The van der Waals surface area contributed by atoms with Gasteiger partial charge in [0, 0.05) is 31.4 Å². The average molecular weight is 265 g/mol. The first kappa shape index (κ1) is 15.7. The summed E-state index contributed by atoms with van der Waals surface area (Å²) < 4.78 is 0. The number of nitrogens with zero attached hydrogens (tertiary/aromatic N) is 3. The van der Waals surface area contributed by atoms with Crippen LogP contribution < -0.4 is 10.6 Å². The summed E-state index contributed by atoms with van der Waals surface area (Å²) in [5, 5.41) is 6.56. The van der Waals surface area contributed by atoms with Gasteiger partial charge in [0.25, 0.3) is 0 Å². The van der Waals surface area contributed by atoms with Gasteiger partial charge in [0.05, 0.1) is 0 Å². The van der Waals surface area contributed by atoms with Crippen molar-refractivity contribution in [1.82, 2.24) is 14.9 Å². The van der Waals surface area contributed by atoms with Gasteiger partial charge in [0.1, 0.15) is 5.82 Å². The van der Waals surface area contributed by atoms with E-state index in [-0.39, 0.29) is 5.41 Å². The molecule has 0 aromatic carbocycles. The maximum Gasteiger partial charge on any atom is 0.224 e. The Morgan fingerprint density at radius 2 is 1.89 bits per heavy atom. The molecule has 108 valence electrons. The number of aryl methyl sites for hydroxylation is 1. The fourth-order valence-electron chi connectivity index (χ4n) is 2.14. The van der Waals surface area contributed by atoms with Crippen LogP contribution in [0, 0.1) is 12.3 Å². The molecule has 0 spiro atoms. The summed E-state index contributed by atoms with van der Waals surface area (Å²) >= 11 is 0. The molecule has 1 heterocycles. The van der Waals surface area contributed by atoms with Gasteiger partial charge in [-0.2, -0.15) is 4.98 Å². The molecule has 0 aliphatic heterocycles. The minimum Gasteiger partial charge on any atom is -0.369 e. The number of hydrogen-bond acceptors (Lipinski definition) is 5. The Morgan fingerprint density at radius 1 is 1.21 bits per heavy atom. The SMILES string of the molecule is CCNc1nc(C)cc(NCC(C)(C)CN(C)C)n1. The lowest BCUT2D eigenvalue weighted by atomic mass is 9.93. The molecule has 0 saturated heterocycles. The van der Waals surface area contributed by atoms with E-state index >= 15 is 0 Å². The molecule has 0 saturated carbocycles. The van der Waals surface area contributed by atoms with E-state index in [2.05, 4.69) is 53.4 Å². The van der Waals surface area contributed by atoms with Crippen molar-refractivity contribution in [2.75, 3.05) is 44.4 Å². The minimum absolute atomic E-state index is 0.195. The maximum absolute atomic E-state index is 4.46. The molecular formula is C14H27N5. The summed E-state index contributed by atoms with van der Waals surface area (Å²) in [5.74, 6) is 1.57. The van der Waals surface area contributed by atoms with Crippen LogP contribution in [0.1, 0.15) is 26.5 Å². The van der Waals surface area contributed by atoms with Crippen molar-refractivity contribution in [3.63, 3.8) is 0 Å². The molecular weight excluding hydrogens is 238 g/mol. The number of anilines is 2. The molecule has 0 bridgehead atoms. The van der Waals surface area contributed by atoms with Crippen LogP contribution in [0.2, 0.25) is 0 Å². The first-order valence-electron chi connectivity index (χ1n) is 6.80. The summed E-state index contributed by atoms with van der Waals surface area (Å²) in [4.78, 5) is 11.0. The molecule has 5 heteroatoms. The summed E-state index contributed by atoms with van der Waals surface area (Å²) in [5.41, 5.74) is 1.17. The van der Waals surface area contributed by atoms with Gasteiger partial charge >= 0.3 is 0 Å². The fraction of sp³-hybridized carbons (Fsp3) is 0.714. The Hall–Kier alpha value is -1.36. The first-order valence-corrected chi connectivity index (χ1v) is 6.80. The van der Waals surface area contributed by atoms with Crippen LogP contribution in [0.25, 0.3) is 0 Å². The first-order chi connectivity index (χ1) is 8.82. The number of hydrogen-bond donors (Lipinski definition) is 2. The van der Waals surface area contributed by atoms with E-state index in [1.807, 2.05) is 19.9 Å². The Bertz CT molecular complexity index is 401. The predicted molar refractivity (Wildman–Crippen MR) is 81.8 cm³/mol. The zero-order valence-corrected chi connectivity index (χ0v) is 13.0. The third-order valence-corrected chi connectivity index (χ3v) is 2.68. The van der Waals surface area contributed by atoms with Crippen molar-refractivity contribution in [3.8, 4) is 0 Å². The number of rotatable bonds is 7. The molecule has 0 fully saturated rings. The van der Waals surface area contributed by atoms with E-state index in [0.29, 0.717) is 5.95 Å². The zero-order valence-electron chi connectivity index (χ0n) is 13.0. The molecule has 0 atom stereocenters. The predicted octanol–water partition coefficient (Wildman–Crippen LogP) is 2.22. The average Bonchev–Trinajstić information content (AvgIpc) is 2.24. The van der Waals surface area contributed by atoms with E-state index < -0.39 is 0 Å². The van der Waals surface area contributed by atoms with Crippen molar-refractivity contribution in [2.24, 2.45) is 5.41 Å². The lowest BCUT2D eigenvalue weighted by Gasteiger charge is -2.28. The van der Waals surface area contributed by atoms with Gasteiger partial charge < -0.3 is 15.5 Å². The minimum atomic E-state index is 0.195. The van der Waals surface area contributed by atoms with Gasteiger partial charge in [0.15, 0.2) is 0 Å². The fourth-order valence-corrected chi connectivity index (χ4v) is 2.14. The van der Waals surface area contributed by atoms with Gasteiger partial charge in [-0.25, -0.2) is 4.98 Å². The van der Waals surface area contributed by atoms with Crippen molar-refractivity contribution >= 4 is 11.8 Å². The van der Waals surface area contributed by atoms with E-state index in [1.54, 1.807) is 0 Å². The number of nitrogens with one attached hydrogen (secondary N) is 2. The topological polar surface area (TPSA) is 53.1 Å². The molecule has 1 aromatic heterocycles. The van der Waals surface area contributed by atoms with E-state index in [4.69, 9.17) is 0 Å². The molecule has 0 aliphatic carbocycles. The van der Waals surface area contributed by atoms with Crippen LogP contribution in [0.15, 0.2) is 6.07 Å². The molecule has 1 rings (SSSR count). The lowest BCUT2D eigenvalue weighted by Crippen LogP contribution is -2.34. The second kappa shape index (κ2) is 6.70. The van der Waals surface area contributed by atoms with Crippen molar-refractivity contribution in [2.45, 2.75) is 27.7 Å². The Balaban J connectivity index is 2.66. The van der Waals surface area contributed by atoms with Crippen molar-refractivity contribution in [3.05, 3.63) is 11.8 Å². The number of aromatic nitrogens is 2. The summed E-state index contributed by atoms with van der Waals surface area (Å²) in [6.45, 7) is 11.3. The van der Waals surface area contributed by atoms with E-state index in [0.717, 1.165) is 31.1 Å². The quantitative estimate of drug-likeness (QED) is 0.791. The Kier molecular flexibility index (Phi) is 5.54. The molecule has 5 nitrogen and oxygen atoms in total. The van der Waals surface area contributed by atoms with Crippen LogP contribution in [0.4, 0.5) is 11.8 Å². The maximum atomic E-state index is 4.46. The highest BCUT2D eigenvalue weighted by molar-refractivity contribution is 5.42. The lowest BCUT2D eigenvalue weighted by molar-refractivity contribution is 0.254. The van der Waals surface area contributed by atoms with Crippen LogP contribution in [0.3, 0.4) is 0 Å². The van der Waals surface area contributed by atoms with Gasteiger partial charge in [-0.3, -0.25) is 0 Å². The van der Waals surface area contributed by atoms with E-state index in [9.17, 15) is 0 Å². The van der Waals surface area contributed by atoms with Gasteiger partial charge in [0.2, 0.25) is 5.95 Å². The second-order valence-corrected chi connectivity index (χ2v) is 6.00. The molecule has 0 aliphatic rings. The molecule has 19 heavy (non-hydrogen) atoms. The zero-order chi connectivity index (χ0) is 14.5. The van der Waals surface area contributed by atoms with Gasteiger partial charge in [-0.05, 0) is 33.4 Å². The van der Waals surface area contributed by atoms with Crippen LogP contribution >= 0.6 is 0 Å². The van der Waals surface area contributed by atoms with Crippen molar-refractivity contribution < 1.29 is 0 Å². The monoisotopic (exact) mass is 265 g/mol.